The van der Waals surface area contributed by atoms with Gasteiger partial charge >= 0.3 is 0 Å². The van der Waals surface area contributed by atoms with Crippen molar-refractivity contribution >= 4 is 23.8 Å². The maximum Gasteiger partial charge on any atom is 0.195 e. The maximum absolute atomic E-state index is 5.22. The summed E-state index contributed by atoms with van der Waals surface area (Å²) in [7, 11) is 1.67. The average molecular weight is 285 g/mol. The highest BCUT2D eigenvalue weighted by Crippen LogP contribution is 2.25. The Bertz CT molecular complexity index is 559. The Kier molecular flexibility index (Phi) is 4.56. The molecule has 0 radical (unpaired) electrons. The van der Waals surface area contributed by atoms with Crippen LogP contribution in [0.5, 0.6) is 0 Å². The van der Waals surface area contributed by atoms with E-state index >= 15 is 0 Å². The van der Waals surface area contributed by atoms with Crippen molar-refractivity contribution in [2.24, 2.45) is 0 Å². The van der Waals surface area contributed by atoms with Crippen molar-refractivity contribution in [1.29, 1.82) is 0 Å². The molecule has 98 valence electrons. The van der Waals surface area contributed by atoms with Crippen molar-refractivity contribution in [3.8, 4) is 10.7 Å². The first-order chi connectivity index (χ1) is 8.77. The van der Waals surface area contributed by atoms with Crippen LogP contribution in [-0.4, -0.2) is 38.1 Å². The first-order valence-electron chi connectivity index (χ1n) is 5.73. The van der Waals surface area contributed by atoms with Gasteiger partial charge in [-0.05, 0) is 30.2 Å². The van der Waals surface area contributed by atoms with Gasteiger partial charge in [-0.2, -0.15) is 5.10 Å². The highest BCUT2D eigenvalue weighted by atomic mass is 32.1. The van der Waals surface area contributed by atoms with Gasteiger partial charge < -0.3 is 4.74 Å². The zero-order chi connectivity index (χ0) is 13.0. The fourth-order valence-electron chi connectivity index (χ4n) is 1.66. The Hall–Kier alpha value is -1.12. The minimum absolute atomic E-state index is 0.593. The molecule has 0 saturated carbocycles. The van der Waals surface area contributed by atoms with E-state index in [0.29, 0.717) is 17.9 Å². The largest absolute Gasteiger partial charge is 0.383 e. The molecule has 0 aliphatic carbocycles. The van der Waals surface area contributed by atoms with E-state index in [0.717, 1.165) is 29.2 Å². The summed E-state index contributed by atoms with van der Waals surface area (Å²) < 4.78 is 11.6. The molecule has 6 nitrogen and oxygen atoms in total. The number of aryl methyl sites for hydroxylation is 1. The second-order valence-corrected chi connectivity index (χ2v) is 4.94. The van der Waals surface area contributed by atoms with Gasteiger partial charge in [0.2, 0.25) is 0 Å². The molecule has 18 heavy (non-hydrogen) atoms. The first kappa shape index (κ1) is 13.3. The molecule has 0 unspecified atom stereocenters. The SMILES string of the molecule is CCCc1nnsc1-c1n[nH]c(=S)n1CCOC. The molecule has 0 atom stereocenters. The summed E-state index contributed by atoms with van der Waals surface area (Å²) in [6.07, 6.45) is 1.93. The number of hydrogen-bond donors (Lipinski definition) is 1. The minimum atomic E-state index is 0.593. The second kappa shape index (κ2) is 6.17. The lowest BCUT2D eigenvalue weighted by atomic mass is 10.2. The third-order valence-electron chi connectivity index (χ3n) is 2.52. The molecule has 0 amide bonds. The summed E-state index contributed by atoms with van der Waals surface area (Å²) in [5, 5.41) is 11.2. The maximum atomic E-state index is 5.22. The summed E-state index contributed by atoms with van der Waals surface area (Å²) in [5.41, 5.74) is 0.982. The number of methoxy groups -OCH3 is 1. The van der Waals surface area contributed by atoms with Gasteiger partial charge in [0.15, 0.2) is 10.6 Å². The van der Waals surface area contributed by atoms with E-state index in [2.05, 4.69) is 26.7 Å². The van der Waals surface area contributed by atoms with Gasteiger partial charge in [0.25, 0.3) is 0 Å². The van der Waals surface area contributed by atoms with Crippen LogP contribution in [0.1, 0.15) is 19.0 Å². The van der Waals surface area contributed by atoms with Crippen molar-refractivity contribution in [3.63, 3.8) is 0 Å². The predicted octanol–water partition coefficient (Wildman–Crippen LogP) is 2.06. The number of nitrogens with one attached hydrogen (secondary N) is 1. The van der Waals surface area contributed by atoms with Crippen LogP contribution in [0.4, 0.5) is 0 Å². The van der Waals surface area contributed by atoms with Crippen LogP contribution in [0.15, 0.2) is 0 Å². The molecule has 2 aromatic rings. The van der Waals surface area contributed by atoms with E-state index in [1.807, 2.05) is 4.57 Å². The zero-order valence-electron chi connectivity index (χ0n) is 10.3. The molecule has 0 aliphatic rings. The predicted molar refractivity (Wildman–Crippen MR) is 72.2 cm³/mol. The number of aromatic nitrogens is 5. The van der Waals surface area contributed by atoms with Crippen molar-refractivity contribution in [2.75, 3.05) is 13.7 Å². The highest BCUT2D eigenvalue weighted by Gasteiger charge is 2.16. The number of hydrogen-bond acceptors (Lipinski definition) is 6. The molecule has 1 N–H and O–H groups in total. The standard InChI is InChI=1S/C10H15N5OS2/c1-3-4-7-8(18-14-11-7)9-12-13-10(17)15(9)5-6-16-2/h3-6H2,1-2H3,(H,13,17). The lowest BCUT2D eigenvalue weighted by Crippen LogP contribution is -2.06. The van der Waals surface area contributed by atoms with Crippen molar-refractivity contribution < 1.29 is 4.74 Å². The van der Waals surface area contributed by atoms with E-state index in [1.165, 1.54) is 11.5 Å². The highest BCUT2D eigenvalue weighted by molar-refractivity contribution is 7.71. The molecule has 0 spiro atoms. The molecule has 2 rings (SSSR count). The van der Waals surface area contributed by atoms with E-state index < -0.39 is 0 Å². The van der Waals surface area contributed by atoms with Crippen LogP contribution in [0.25, 0.3) is 10.7 Å². The van der Waals surface area contributed by atoms with Crippen LogP contribution in [0, 0.1) is 4.77 Å². The smallest absolute Gasteiger partial charge is 0.195 e. The van der Waals surface area contributed by atoms with Gasteiger partial charge in [0.1, 0.15) is 4.88 Å². The molecule has 0 fully saturated rings. The number of rotatable bonds is 6. The molecular weight excluding hydrogens is 270 g/mol. The van der Waals surface area contributed by atoms with Gasteiger partial charge in [-0.1, -0.05) is 17.8 Å². The Labute approximate surface area is 114 Å². The summed E-state index contributed by atoms with van der Waals surface area (Å²) in [5.74, 6) is 0.801. The quantitative estimate of drug-likeness (QED) is 0.823. The van der Waals surface area contributed by atoms with E-state index in [4.69, 9.17) is 17.0 Å². The molecule has 8 heteroatoms. The minimum Gasteiger partial charge on any atom is -0.383 e. The molecule has 2 aromatic heterocycles. The van der Waals surface area contributed by atoms with Gasteiger partial charge in [-0.15, -0.1) is 5.10 Å². The van der Waals surface area contributed by atoms with Crippen molar-refractivity contribution in [2.45, 2.75) is 26.3 Å². The molecule has 0 aromatic carbocycles. The van der Waals surface area contributed by atoms with E-state index in [-0.39, 0.29) is 0 Å². The molecule has 2 heterocycles. The Balaban J connectivity index is 2.37. The molecular formula is C10H15N5OS2. The molecule has 0 aliphatic heterocycles. The van der Waals surface area contributed by atoms with E-state index in [1.54, 1.807) is 7.11 Å². The zero-order valence-corrected chi connectivity index (χ0v) is 12.0. The number of aromatic amines is 1. The number of ether oxygens (including phenoxy) is 1. The Morgan fingerprint density at radius 3 is 3.06 bits per heavy atom. The van der Waals surface area contributed by atoms with Crippen LogP contribution in [0.2, 0.25) is 0 Å². The monoisotopic (exact) mass is 285 g/mol. The average Bonchev–Trinajstić information content (AvgIpc) is 2.94. The fraction of sp³-hybridized carbons (Fsp3) is 0.600. The number of nitrogens with zero attached hydrogens (tertiary/aromatic N) is 4. The Morgan fingerprint density at radius 1 is 1.50 bits per heavy atom. The lowest BCUT2D eigenvalue weighted by Gasteiger charge is -2.04. The topological polar surface area (TPSA) is 68.6 Å². The Morgan fingerprint density at radius 2 is 2.33 bits per heavy atom. The van der Waals surface area contributed by atoms with Gasteiger partial charge in [-0.25, -0.2) is 0 Å². The fourth-order valence-corrected chi connectivity index (χ4v) is 2.59. The van der Waals surface area contributed by atoms with Crippen LogP contribution < -0.4 is 0 Å². The summed E-state index contributed by atoms with van der Waals surface area (Å²) in [6, 6.07) is 0. The second-order valence-electron chi connectivity index (χ2n) is 3.80. The third-order valence-corrected chi connectivity index (χ3v) is 3.60. The normalized spacial score (nSPS) is 11.0. The summed E-state index contributed by atoms with van der Waals surface area (Å²) >= 11 is 6.57. The van der Waals surface area contributed by atoms with Gasteiger partial charge in [0.05, 0.1) is 18.8 Å². The van der Waals surface area contributed by atoms with Crippen LogP contribution >= 0.6 is 23.8 Å². The van der Waals surface area contributed by atoms with Crippen molar-refractivity contribution in [3.05, 3.63) is 10.5 Å². The first-order valence-corrected chi connectivity index (χ1v) is 6.91. The van der Waals surface area contributed by atoms with E-state index in [9.17, 15) is 0 Å². The van der Waals surface area contributed by atoms with Crippen LogP contribution in [0.3, 0.4) is 0 Å². The van der Waals surface area contributed by atoms with Crippen LogP contribution in [-0.2, 0) is 17.7 Å². The molecule has 0 saturated heterocycles. The van der Waals surface area contributed by atoms with Gasteiger partial charge in [0, 0.05) is 7.11 Å². The number of H-pyrrole nitrogens is 1. The lowest BCUT2D eigenvalue weighted by molar-refractivity contribution is 0.187. The summed E-state index contributed by atoms with van der Waals surface area (Å²) in [6.45, 7) is 3.38. The van der Waals surface area contributed by atoms with Gasteiger partial charge in [-0.3, -0.25) is 9.67 Å². The van der Waals surface area contributed by atoms with Crippen molar-refractivity contribution in [1.82, 2.24) is 24.4 Å². The third kappa shape index (κ3) is 2.65. The summed E-state index contributed by atoms with van der Waals surface area (Å²) in [4.78, 5) is 0.986. The molecule has 0 bridgehead atoms.